The molecule has 4 N–H and O–H groups in total. The summed E-state index contributed by atoms with van der Waals surface area (Å²) in [5.41, 5.74) is 9.26. The van der Waals surface area contributed by atoms with Crippen molar-refractivity contribution in [2.24, 2.45) is 10.9 Å². The van der Waals surface area contributed by atoms with Gasteiger partial charge in [0, 0.05) is 12.1 Å². The molecule has 0 spiro atoms. The number of rotatable bonds is 4. The van der Waals surface area contributed by atoms with Crippen molar-refractivity contribution < 1.29 is 5.21 Å². The third-order valence-electron chi connectivity index (χ3n) is 3.08. The molecule has 0 aliphatic rings. The van der Waals surface area contributed by atoms with E-state index in [1.165, 1.54) is 0 Å². The number of nitrogens with one attached hydrogen (secondary N) is 1. The van der Waals surface area contributed by atoms with E-state index in [2.05, 4.69) is 10.5 Å². The van der Waals surface area contributed by atoms with E-state index in [-0.39, 0.29) is 5.84 Å². The molecule has 20 heavy (non-hydrogen) atoms. The van der Waals surface area contributed by atoms with Gasteiger partial charge in [-0.3, -0.25) is 0 Å². The minimum absolute atomic E-state index is 0.0956. The van der Waals surface area contributed by atoms with Crippen molar-refractivity contribution >= 4 is 23.1 Å². The zero-order valence-electron chi connectivity index (χ0n) is 11.1. The largest absolute Gasteiger partial charge is 0.409 e. The van der Waals surface area contributed by atoms with Crippen LogP contribution in [-0.2, 0) is 6.54 Å². The third kappa shape index (κ3) is 3.03. The minimum Gasteiger partial charge on any atom is -0.409 e. The van der Waals surface area contributed by atoms with E-state index >= 15 is 0 Å². The maximum Gasteiger partial charge on any atom is 0.170 e. The van der Waals surface area contributed by atoms with Crippen LogP contribution in [0.4, 0.5) is 5.69 Å². The molecule has 0 unspecified atom stereocenters. The highest BCUT2D eigenvalue weighted by molar-refractivity contribution is 6.33. The fraction of sp³-hybridized carbons (Fsp3) is 0.133. The maximum absolute atomic E-state index is 8.81. The molecule has 0 atom stereocenters. The predicted molar refractivity (Wildman–Crippen MR) is 82.5 cm³/mol. The lowest BCUT2D eigenvalue weighted by Gasteiger charge is -2.13. The van der Waals surface area contributed by atoms with Crippen LogP contribution in [0.15, 0.2) is 47.6 Å². The number of nitrogens with two attached hydrogens (primary N) is 1. The lowest BCUT2D eigenvalue weighted by atomic mass is 10.1. The Morgan fingerprint density at radius 1 is 1.25 bits per heavy atom. The molecule has 0 amide bonds. The van der Waals surface area contributed by atoms with Crippen molar-refractivity contribution in [1.29, 1.82) is 0 Å². The number of anilines is 1. The van der Waals surface area contributed by atoms with Gasteiger partial charge in [0.15, 0.2) is 5.84 Å². The highest BCUT2D eigenvalue weighted by Crippen LogP contribution is 2.26. The van der Waals surface area contributed by atoms with Crippen LogP contribution in [0, 0.1) is 6.92 Å². The molecule has 4 nitrogen and oxygen atoms in total. The lowest BCUT2D eigenvalue weighted by Crippen LogP contribution is -2.17. The number of halogens is 1. The zero-order chi connectivity index (χ0) is 14.5. The highest BCUT2D eigenvalue weighted by Gasteiger charge is 2.08. The molecule has 0 radical (unpaired) electrons. The Hall–Kier alpha value is -2.20. The van der Waals surface area contributed by atoms with Crippen molar-refractivity contribution in [2.75, 3.05) is 5.32 Å². The first-order chi connectivity index (χ1) is 9.63. The Morgan fingerprint density at radius 3 is 2.70 bits per heavy atom. The van der Waals surface area contributed by atoms with Crippen LogP contribution in [-0.4, -0.2) is 11.0 Å². The number of aryl methyl sites for hydroxylation is 1. The fourth-order valence-corrected chi connectivity index (χ4v) is 2.31. The molecule has 0 aliphatic heterocycles. The Labute approximate surface area is 122 Å². The first kappa shape index (κ1) is 14.2. The number of nitrogens with zero attached hydrogens (tertiary/aromatic N) is 1. The zero-order valence-corrected chi connectivity index (χ0v) is 11.9. The van der Waals surface area contributed by atoms with Crippen LogP contribution < -0.4 is 11.1 Å². The Kier molecular flexibility index (Phi) is 4.48. The van der Waals surface area contributed by atoms with E-state index in [9.17, 15) is 0 Å². The summed E-state index contributed by atoms with van der Waals surface area (Å²) in [5, 5.41) is 15.8. The summed E-state index contributed by atoms with van der Waals surface area (Å²) in [4.78, 5) is 0. The predicted octanol–water partition coefficient (Wildman–Crippen LogP) is 3.36. The number of amidine groups is 1. The fourth-order valence-electron chi connectivity index (χ4n) is 2.02. The number of hydrogen-bond donors (Lipinski definition) is 3. The number of para-hydroxylation sites is 1. The van der Waals surface area contributed by atoms with E-state index in [0.717, 1.165) is 16.8 Å². The van der Waals surface area contributed by atoms with Gasteiger partial charge in [0.1, 0.15) is 0 Å². The molecule has 0 heterocycles. The standard InChI is InChI=1S/C15H16ClN3O/c1-10-5-4-8-13(16)14(10)18-9-11-6-2-3-7-12(11)15(17)19-20/h2-8,18,20H,9H2,1H3,(H2,17,19). The van der Waals surface area contributed by atoms with Gasteiger partial charge in [0.2, 0.25) is 0 Å². The normalized spacial score (nSPS) is 11.4. The Bertz CT molecular complexity index is 621. The molecule has 104 valence electrons. The Balaban J connectivity index is 2.24. The molecular formula is C15H16ClN3O. The van der Waals surface area contributed by atoms with Crippen LogP contribution in [0.3, 0.4) is 0 Å². The highest BCUT2D eigenvalue weighted by atomic mass is 35.5. The second kappa shape index (κ2) is 6.30. The minimum atomic E-state index is 0.0956. The van der Waals surface area contributed by atoms with Crippen molar-refractivity contribution in [2.45, 2.75) is 13.5 Å². The maximum atomic E-state index is 8.81. The summed E-state index contributed by atoms with van der Waals surface area (Å²) in [7, 11) is 0. The quantitative estimate of drug-likeness (QED) is 0.350. The summed E-state index contributed by atoms with van der Waals surface area (Å²) >= 11 is 6.17. The molecule has 2 aromatic rings. The third-order valence-corrected chi connectivity index (χ3v) is 3.39. The first-order valence-corrected chi connectivity index (χ1v) is 6.56. The van der Waals surface area contributed by atoms with Crippen molar-refractivity contribution in [3.05, 3.63) is 64.2 Å². The van der Waals surface area contributed by atoms with Crippen molar-refractivity contribution in [3.8, 4) is 0 Å². The molecule has 5 heteroatoms. The molecule has 0 bridgehead atoms. The molecule has 0 fully saturated rings. The number of hydrogen-bond acceptors (Lipinski definition) is 3. The van der Waals surface area contributed by atoms with Gasteiger partial charge in [0.05, 0.1) is 10.7 Å². The van der Waals surface area contributed by atoms with E-state index < -0.39 is 0 Å². The molecule has 0 saturated carbocycles. The van der Waals surface area contributed by atoms with Crippen molar-refractivity contribution in [1.82, 2.24) is 0 Å². The van der Waals surface area contributed by atoms with Crippen LogP contribution in [0.25, 0.3) is 0 Å². The van der Waals surface area contributed by atoms with E-state index in [0.29, 0.717) is 17.1 Å². The average Bonchev–Trinajstić information content (AvgIpc) is 2.46. The second-order valence-corrected chi connectivity index (χ2v) is 4.83. The van der Waals surface area contributed by atoms with Gasteiger partial charge < -0.3 is 16.3 Å². The molecule has 2 rings (SSSR count). The van der Waals surface area contributed by atoms with Crippen LogP contribution >= 0.6 is 11.6 Å². The van der Waals surface area contributed by atoms with E-state index in [1.54, 1.807) is 0 Å². The van der Waals surface area contributed by atoms with Gasteiger partial charge in [-0.15, -0.1) is 0 Å². The molecule has 0 saturated heterocycles. The van der Waals surface area contributed by atoms with Gasteiger partial charge in [-0.05, 0) is 24.1 Å². The van der Waals surface area contributed by atoms with Crippen LogP contribution in [0.1, 0.15) is 16.7 Å². The first-order valence-electron chi connectivity index (χ1n) is 6.18. The topological polar surface area (TPSA) is 70.6 Å². The van der Waals surface area contributed by atoms with Crippen LogP contribution in [0.2, 0.25) is 5.02 Å². The SMILES string of the molecule is Cc1cccc(Cl)c1NCc1ccccc1C(N)=NO. The van der Waals surface area contributed by atoms with Gasteiger partial charge in [-0.25, -0.2) is 0 Å². The second-order valence-electron chi connectivity index (χ2n) is 4.43. The van der Waals surface area contributed by atoms with Gasteiger partial charge in [-0.2, -0.15) is 0 Å². The lowest BCUT2D eigenvalue weighted by molar-refractivity contribution is 0.318. The average molecular weight is 290 g/mol. The monoisotopic (exact) mass is 289 g/mol. The van der Waals surface area contributed by atoms with E-state index in [1.807, 2.05) is 49.4 Å². The summed E-state index contributed by atoms with van der Waals surface area (Å²) in [5.74, 6) is 0.0956. The number of benzene rings is 2. The smallest absolute Gasteiger partial charge is 0.170 e. The van der Waals surface area contributed by atoms with Crippen molar-refractivity contribution in [3.63, 3.8) is 0 Å². The molecule has 0 aliphatic carbocycles. The summed E-state index contributed by atoms with van der Waals surface area (Å²) < 4.78 is 0. The summed E-state index contributed by atoms with van der Waals surface area (Å²) in [6.07, 6.45) is 0. The molecule has 0 aromatic heterocycles. The summed E-state index contributed by atoms with van der Waals surface area (Å²) in [6.45, 7) is 2.53. The van der Waals surface area contributed by atoms with Gasteiger partial charge in [-0.1, -0.05) is 53.2 Å². The van der Waals surface area contributed by atoms with E-state index in [4.69, 9.17) is 22.5 Å². The molecular weight excluding hydrogens is 274 g/mol. The van der Waals surface area contributed by atoms with Crippen LogP contribution in [0.5, 0.6) is 0 Å². The van der Waals surface area contributed by atoms with Gasteiger partial charge in [0.25, 0.3) is 0 Å². The summed E-state index contributed by atoms with van der Waals surface area (Å²) in [6, 6.07) is 13.2. The Morgan fingerprint density at radius 2 is 2.00 bits per heavy atom. The number of oxime groups is 1. The molecule has 2 aromatic carbocycles. The van der Waals surface area contributed by atoms with Gasteiger partial charge >= 0.3 is 0 Å².